The fourth-order valence-corrected chi connectivity index (χ4v) is 4.82. The molecule has 2 aliphatic rings. The van der Waals surface area contributed by atoms with E-state index in [1.54, 1.807) is 29.2 Å². The van der Waals surface area contributed by atoms with E-state index in [0.29, 0.717) is 39.4 Å². The first-order valence-electron chi connectivity index (χ1n) is 10.4. The normalized spacial score (nSPS) is 16.7. The third-order valence-electron chi connectivity index (χ3n) is 5.49. The largest absolute Gasteiger partial charge is 0.454 e. The van der Waals surface area contributed by atoms with Gasteiger partial charge < -0.3 is 25.0 Å². The van der Waals surface area contributed by atoms with Gasteiger partial charge in [-0.25, -0.2) is 4.79 Å². The van der Waals surface area contributed by atoms with Crippen LogP contribution in [-0.2, 0) is 0 Å². The van der Waals surface area contributed by atoms with Gasteiger partial charge in [0.1, 0.15) is 5.01 Å². The Morgan fingerprint density at radius 1 is 1.09 bits per heavy atom. The molecule has 1 saturated heterocycles. The van der Waals surface area contributed by atoms with Crippen LogP contribution in [0, 0.1) is 6.92 Å². The number of hydrogen-bond acceptors (Lipinski definition) is 7. The molecule has 0 unspecified atom stereocenters. The molecule has 1 atom stereocenters. The second-order valence-electron chi connectivity index (χ2n) is 7.71. The Morgan fingerprint density at radius 3 is 2.73 bits per heavy atom. The second kappa shape index (κ2) is 8.87. The van der Waals surface area contributed by atoms with E-state index in [1.165, 1.54) is 11.3 Å². The van der Waals surface area contributed by atoms with E-state index in [2.05, 4.69) is 20.8 Å². The number of nitrogens with one attached hydrogen (secondary N) is 2. The van der Waals surface area contributed by atoms with Crippen molar-refractivity contribution < 1.29 is 19.1 Å². The summed E-state index contributed by atoms with van der Waals surface area (Å²) in [5.74, 6) is 0.841. The molecule has 0 spiro atoms. The molecule has 3 amide bonds. The lowest BCUT2D eigenvalue weighted by Gasteiger charge is -2.23. The first-order valence-corrected chi connectivity index (χ1v) is 11.6. The monoisotopic (exact) mass is 485 g/mol. The Labute approximate surface area is 198 Å². The van der Waals surface area contributed by atoms with Crippen LogP contribution in [-0.4, -0.2) is 40.4 Å². The van der Waals surface area contributed by atoms with Crippen molar-refractivity contribution in [2.75, 3.05) is 24.0 Å². The van der Waals surface area contributed by atoms with Crippen LogP contribution in [0.5, 0.6) is 11.5 Å². The molecular formula is C22H20ClN5O4S. The van der Waals surface area contributed by atoms with Crippen LogP contribution in [0.3, 0.4) is 0 Å². The van der Waals surface area contributed by atoms with Crippen molar-refractivity contribution in [2.45, 2.75) is 25.8 Å². The Morgan fingerprint density at radius 2 is 1.88 bits per heavy atom. The number of carbonyl (C=O) groups is 2. The van der Waals surface area contributed by atoms with Gasteiger partial charge in [0, 0.05) is 29.0 Å². The van der Waals surface area contributed by atoms with Crippen molar-refractivity contribution in [3.05, 3.63) is 57.0 Å². The molecule has 0 radical (unpaired) electrons. The highest BCUT2D eigenvalue weighted by Gasteiger charge is 2.33. The summed E-state index contributed by atoms with van der Waals surface area (Å²) in [6, 6.07) is 10.1. The number of amides is 3. The minimum Gasteiger partial charge on any atom is -0.454 e. The maximum atomic E-state index is 12.9. The van der Waals surface area contributed by atoms with Crippen molar-refractivity contribution in [1.82, 2.24) is 15.1 Å². The summed E-state index contributed by atoms with van der Waals surface area (Å²) in [6.45, 7) is 2.66. The zero-order valence-corrected chi connectivity index (χ0v) is 19.2. The highest BCUT2D eigenvalue weighted by atomic mass is 35.5. The number of anilines is 2. The zero-order valence-electron chi connectivity index (χ0n) is 17.6. The number of aryl methyl sites for hydroxylation is 1. The molecule has 170 valence electrons. The van der Waals surface area contributed by atoms with Gasteiger partial charge in [-0.15, -0.1) is 10.2 Å². The molecule has 2 aliphatic heterocycles. The summed E-state index contributed by atoms with van der Waals surface area (Å²) in [5.41, 5.74) is 2.14. The third-order valence-corrected chi connectivity index (χ3v) is 6.92. The van der Waals surface area contributed by atoms with Gasteiger partial charge in [-0.1, -0.05) is 29.0 Å². The lowest BCUT2D eigenvalue weighted by Crippen LogP contribution is -2.34. The molecular weight excluding hydrogens is 466 g/mol. The first-order chi connectivity index (χ1) is 16.0. The fraction of sp³-hybridized carbons (Fsp3) is 0.273. The summed E-state index contributed by atoms with van der Waals surface area (Å²) in [5, 5.41) is 15.4. The number of likely N-dealkylation sites (tertiary alicyclic amines) is 1. The number of ether oxygens (including phenoxy) is 2. The van der Waals surface area contributed by atoms with Crippen molar-refractivity contribution in [3.8, 4) is 11.5 Å². The molecule has 0 saturated carbocycles. The Bertz CT molecular complexity index is 1230. The van der Waals surface area contributed by atoms with Gasteiger partial charge in [0.25, 0.3) is 5.91 Å². The molecule has 2 N–H and O–H groups in total. The third kappa shape index (κ3) is 4.44. The van der Waals surface area contributed by atoms with Gasteiger partial charge in [-0.3, -0.25) is 4.79 Å². The summed E-state index contributed by atoms with van der Waals surface area (Å²) in [7, 11) is 0. The quantitative estimate of drug-likeness (QED) is 0.547. The van der Waals surface area contributed by atoms with Crippen molar-refractivity contribution >= 4 is 46.3 Å². The van der Waals surface area contributed by atoms with E-state index >= 15 is 0 Å². The molecule has 9 nitrogen and oxygen atoms in total. The highest BCUT2D eigenvalue weighted by Crippen LogP contribution is 2.36. The summed E-state index contributed by atoms with van der Waals surface area (Å²) < 4.78 is 10.6. The molecule has 33 heavy (non-hydrogen) atoms. The Balaban J connectivity index is 1.26. The predicted molar refractivity (Wildman–Crippen MR) is 124 cm³/mol. The minimum absolute atomic E-state index is 0.162. The zero-order chi connectivity index (χ0) is 22.9. The summed E-state index contributed by atoms with van der Waals surface area (Å²) >= 11 is 7.35. The summed E-state index contributed by atoms with van der Waals surface area (Å²) in [6.07, 6.45) is 1.59. The van der Waals surface area contributed by atoms with Crippen LogP contribution in [0.15, 0.2) is 36.4 Å². The molecule has 5 rings (SSSR count). The number of nitrogens with zero attached hydrogens (tertiary/aromatic N) is 3. The second-order valence-corrected chi connectivity index (χ2v) is 9.13. The van der Waals surface area contributed by atoms with Crippen molar-refractivity contribution in [1.29, 1.82) is 0 Å². The van der Waals surface area contributed by atoms with Crippen molar-refractivity contribution in [2.24, 2.45) is 0 Å². The maximum Gasteiger partial charge on any atom is 0.322 e. The van der Waals surface area contributed by atoms with Gasteiger partial charge in [-0.05, 0) is 49.6 Å². The van der Waals surface area contributed by atoms with Gasteiger partial charge in [0.2, 0.25) is 11.8 Å². The average molecular weight is 486 g/mol. The van der Waals surface area contributed by atoms with Gasteiger partial charge in [0.15, 0.2) is 11.5 Å². The van der Waals surface area contributed by atoms with Gasteiger partial charge in [-0.2, -0.15) is 0 Å². The molecule has 1 fully saturated rings. The van der Waals surface area contributed by atoms with Gasteiger partial charge >= 0.3 is 6.03 Å². The standard InChI is InChI=1S/C22H20ClN5O4S/c1-12-4-5-13(9-15(12)23)25-22(30)28-8-2-3-16(28)20-26-27-21(33-20)19(29)24-14-6-7-17-18(10-14)32-11-31-17/h4-7,9-10,16H,2-3,8,11H2,1H3,(H,24,29)(H,25,30)/t16-/m0/s1. The predicted octanol–water partition coefficient (Wildman–Crippen LogP) is 4.85. The fourth-order valence-electron chi connectivity index (χ4n) is 3.75. The molecule has 3 aromatic rings. The van der Waals surface area contributed by atoms with Crippen LogP contribution >= 0.6 is 22.9 Å². The van der Waals surface area contributed by atoms with Crippen LogP contribution in [0.4, 0.5) is 16.2 Å². The Hall–Kier alpha value is -3.37. The van der Waals surface area contributed by atoms with E-state index in [0.717, 1.165) is 18.4 Å². The van der Waals surface area contributed by atoms with Crippen LogP contribution in [0.2, 0.25) is 5.02 Å². The number of carbonyl (C=O) groups excluding carboxylic acids is 2. The number of benzene rings is 2. The van der Waals surface area contributed by atoms with E-state index in [4.69, 9.17) is 21.1 Å². The van der Waals surface area contributed by atoms with Crippen molar-refractivity contribution in [3.63, 3.8) is 0 Å². The van der Waals surface area contributed by atoms with E-state index in [-0.39, 0.29) is 29.8 Å². The molecule has 11 heteroatoms. The number of halogens is 1. The van der Waals surface area contributed by atoms with E-state index in [1.807, 2.05) is 19.1 Å². The van der Waals surface area contributed by atoms with E-state index < -0.39 is 0 Å². The van der Waals surface area contributed by atoms with Gasteiger partial charge in [0.05, 0.1) is 6.04 Å². The molecule has 2 aromatic carbocycles. The SMILES string of the molecule is Cc1ccc(NC(=O)N2CCC[C@H]2c2nnc(C(=O)Nc3ccc4c(c3)OCO4)s2)cc1Cl. The number of urea groups is 1. The number of aromatic nitrogens is 2. The number of hydrogen-bond donors (Lipinski definition) is 2. The lowest BCUT2D eigenvalue weighted by atomic mass is 10.2. The van der Waals surface area contributed by atoms with Crippen LogP contribution in [0.25, 0.3) is 0 Å². The molecule has 0 bridgehead atoms. The Kier molecular flexibility index (Phi) is 5.77. The number of rotatable bonds is 4. The number of fused-ring (bicyclic) bond motifs is 1. The van der Waals surface area contributed by atoms with Crippen LogP contribution in [0.1, 0.15) is 39.3 Å². The minimum atomic E-state index is -0.374. The molecule has 3 heterocycles. The van der Waals surface area contributed by atoms with Crippen LogP contribution < -0.4 is 20.1 Å². The topological polar surface area (TPSA) is 106 Å². The lowest BCUT2D eigenvalue weighted by molar-refractivity contribution is 0.102. The first kappa shape index (κ1) is 21.5. The smallest absolute Gasteiger partial charge is 0.322 e. The maximum absolute atomic E-state index is 12.9. The average Bonchev–Trinajstić information content (AvgIpc) is 3.55. The molecule has 0 aliphatic carbocycles. The highest BCUT2D eigenvalue weighted by molar-refractivity contribution is 7.13. The molecule has 1 aromatic heterocycles. The van der Waals surface area contributed by atoms with E-state index in [9.17, 15) is 9.59 Å². The summed E-state index contributed by atoms with van der Waals surface area (Å²) in [4.78, 5) is 27.3.